The lowest BCUT2D eigenvalue weighted by molar-refractivity contribution is -0.314. The summed E-state index contributed by atoms with van der Waals surface area (Å²) in [6, 6.07) is 8.26. The van der Waals surface area contributed by atoms with Crippen LogP contribution in [0.15, 0.2) is 42.0 Å². The zero-order valence-electron chi connectivity index (χ0n) is 36.6. The Labute approximate surface area is 356 Å². The SMILES string of the molecule is CC[C@H]1CCC[C@H](O[C@H]2CC[C@H](N(C)C)C(C)O2)[C@@H](C)C(=O)C2=C[C@@H]3C(C(c4cccc(Cl)c4)=CC4C[C@@H](OC5OC(C)C(OC)C(OC)C5OC)C[C@H]43)[C@@H]2CC(=O)O1. The van der Waals surface area contributed by atoms with Crippen LogP contribution in [0.5, 0.6) is 0 Å². The van der Waals surface area contributed by atoms with Crippen LogP contribution in [-0.4, -0.2) is 120 Å². The fraction of sp³-hybridized carbons (Fsp3) is 0.745. The molecule has 8 unspecified atom stereocenters. The summed E-state index contributed by atoms with van der Waals surface area (Å²) in [4.78, 5) is 31.3. The predicted molar refractivity (Wildman–Crippen MR) is 225 cm³/mol. The highest BCUT2D eigenvalue weighted by atomic mass is 35.5. The van der Waals surface area contributed by atoms with Crippen LogP contribution < -0.4 is 0 Å². The zero-order chi connectivity index (χ0) is 42.1. The third kappa shape index (κ3) is 9.44. The third-order valence-corrected chi connectivity index (χ3v) is 14.8. The number of hydrogen-bond acceptors (Lipinski definition) is 11. The third-order valence-electron chi connectivity index (χ3n) is 14.5. The number of carbonyl (C=O) groups excluding carboxylic acids is 2. The van der Waals surface area contributed by atoms with E-state index >= 15 is 4.79 Å². The molecule has 3 heterocycles. The van der Waals surface area contributed by atoms with Crippen molar-refractivity contribution >= 4 is 28.9 Å². The summed E-state index contributed by atoms with van der Waals surface area (Å²) in [6.45, 7) is 8.16. The highest BCUT2D eigenvalue weighted by molar-refractivity contribution is 6.30. The summed E-state index contributed by atoms with van der Waals surface area (Å²) >= 11 is 6.66. The van der Waals surface area contributed by atoms with Gasteiger partial charge in [-0.05, 0) is 132 Å². The van der Waals surface area contributed by atoms with Crippen LogP contribution in [-0.2, 0) is 47.5 Å². The Morgan fingerprint density at radius 2 is 1.61 bits per heavy atom. The van der Waals surface area contributed by atoms with Gasteiger partial charge in [-0.2, -0.15) is 0 Å². The van der Waals surface area contributed by atoms with Crippen LogP contribution in [0.4, 0.5) is 0 Å². The van der Waals surface area contributed by atoms with E-state index in [9.17, 15) is 4.79 Å². The molecule has 0 aromatic heterocycles. The minimum absolute atomic E-state index is 0.0101. The summed E-state index contributed by atoms with van der Waals surface area (Å²) in [5.74, 6) is -0.807. The molecule has 1 saturated carbocycles. The number of fused-ring (bicyclic) bond motifs is 5. The van der Waals surface area contributed by atoms with Crippen molar-refractivity contribution in [1.82, 2.24) is 4.90 Å². The predicted octanol–water partition coefficient (Wildman–Crippen LogP) is 7.67. The number of ether oxygens (including phenoxy) is 8. The molecule has 59 heavy (non-hydrogen) atoms. The molecular weight excluding hydrogens is 774 g/mol. The van der Waals surface area contributed by atoms with Gasteiger partial charge in [0, 0.05) is 44.2 Å². The Balaban J connectivity index is 1.21. The summed E-state index contributed by atoms with van der Waals surface area (Å²) < 4.78 is 50.3. The molecule has 0 amide bonds. The van der Waals surface area contributed by atoms with E-state index in [-0.39, 0.29) is 96.8 Å². The Morgan fingerprint density at radius 3 is 2.29 bits per heavy atom. The number of cyclic esters (lactones) is 1. The number of likely N-dealkylation sites (N-methyl/N-ethyl adjacent to an activating group) is 1. The van der Waals surface area contributed by atoms with E-state index < -0.39 is 18.3 Å². The Bertz CT molecular complexity index is 1680. The van der Waals surface area contributed by atoms with Crippen LogP contribution >= 0.6 is 11.6 Å². The van der Waals surface area contributed by atoms with Crippen LogP contribution in [0.2, 0.25) is 5.02 Å². The summed E-state index contributed by atoms with van der Waals surface area (Å²) in [5, 5.41) is 0.641. The van der Waals surface area contributed by atoms with Crippen molar-refractivity contribution in [3.05, 3.63) is 52.6 Å². The largest absolute Gasteiger partial charge is 0.462 e. The van der Waals surface area contributed by atoms with Crippen molar-refractivity contribution in [2.24, 2.45) is 35.5 Å². The molecule has 7 rings (SSSR count). The van der Waals surface area contributed by atoms with E-state index in [1.165, 1.54) is 0 Å². The first-order chi connectivity index (χ1) is 28.3. The van der Waals surface area contributed by atoms with Crippen molar-refractivity contribution < 1.29 is 47.5 Å². The molecule has 0 spiro atoms. The van der Waals surface area contributed by atoms with Crippen molar-refractivity contribution in [2.45, 2.75) is 153 Å². The second-order valence-corrected chi connectivity index (χ2v) is 18.6. The van der Waals surface area contributed by atoms with Crippen molar-refractivity contribution in [2.75, 3.05) is 35.4 Å². The van der Waals surface area contributed by atoms with Gasteiger partial charge < -0.3 is 42.8 Å². The highest BCUT2D eigenvalue weighted by Gasteiger charge is 2.54. The van der Waals surface area contributed by atoms with Gasteiger partial charge in [-0.1, -0.05) is 49.7 Å². The van der Waals surface area contributed by atoms with Gasteiger partial charge in [0.25, 0.3) is 0 Å². The summed E-state index contributed by atoms with van der Waals surface area (Å²) in [6.07, 6.45) is 7.78. The molecular formula is C47H68ClNO10. The number of hydrogen-bond donors (Lipinski definition) is 0. The first-order valence-corrected chi connectivity index (χ1v) is 22.5. The molecule has 17 atom stereocenters. The number of esters is 1. The van der Waals surface area contributed by atoms with E-state index in [2.05, 4.69) is 51.1 Å². The lowest BCUT2D eigenvalue weighted by Crippen LogP contribution is -2.59. The van der Waals surface area contributed by atoms with Gasteiger partial charge in [-0.25, -0.2) is 0 Å². The second-order valence-electron chi connectivity index (χ2n) is 18.2. The molecule has 12 heteroatoms. The maximum Gasteiger partial charge on any atom is 0.306 e. The monoisotopic (exact) mass is 841 g/mol. The van der Waals surface area contributed by atoms with Gasteiger partial charge in [0.05, 0.1) is 30.8 Å². The molecule has 3 aliphatic carbocycles. The van der Waals surface area contributed by atoms with Crippen LogP contribution in [0.1, 0.15) is 91.0 Å². The number of ketones is 1. The number of rotatable bonds is 10. The molecule has 0 radical (unpaired) electrons. The van der Waals surface area contributed by atoms with Gasteiger partial charge in [0.1, 0.15) is 24.4 Å². The summed E-state index contributed by atoms with van der Waals surface area (Å²) in [7, 11) is 9.14. The van der Waals surface area contributed by atoms with Crippen molar-refractivity contribution in [1.29, 1.82) is 0 Å². The minimum Gasteiger partial charge on any atom is -0.462 e. The molecule has 1 aromatic rings. The normalized spacial score (nSPS) is 41.8. The molecule has 1 aromatic carbocycles. The Morgan fingerprint density at radius 1 is 0.847 bits per heavy atom. The number of halogens is 1. The number of methoxy groups -OCH3 is 3. The Hall–Kier alpha value is -2.19. The average molecular weight is 843 g/mol. The van der Waals surface area contributed by atoms with Gasteiger partial charge in [-0.15, -0.1) is 0 Å². The standard InChI is InChI=1S/C47H68ClNO10/c1-10-31-15-12-16-39(59-41-18-17-38(49(5)6)26(3)55-41)25(2)43(51)37-23-35-33-22-32(58-47-46(54-9)45(53-8)44(52-7)27(4)56-47)20-29(33)21-34(28-13-11-14-30(48)19-28)42(35)36(37)24-40(50)57-31/h11,13-14,19,21,23,25-27,29,31-33,35-36,38-39,41-42,44-47H,10,12,15-18,20,22,24H2,1-9H3/t25-,26?,27?,29?,31+,32-,33-,35+,36-,38+,39+,41+,42?,44?,45?,46?,47?/m1/s1. The maximum absolute atomic E-state index is 15.1. The van der Waals surface area contributed by atoms with E-state index in [1.54, 1.807) is 21.3 Å². The molecule has 328 valence electrons. The molecule has 11 nitrogen and oxygen atoms in total. The first kappa shape index (κ1) is 44.9. The topological polar surface area (TPSA) is 111 Å². The fourth-order valence-electron chi connectivity index (χ4n) is 11.5. The Kier molecular flexibility index (Phi) is 14.8. The minimum atomic E-state index is -0.647. The molecule has 3 saturated heterocycles. The zero-order valence-corrected chi connectivity index (χ0v) is 37.3. The number of Topliss-reactive ketones (excluding diaryl/α,β-unsaturated/α-hetero) is 1. The fourth-order valence-corrected chi connectivity index (χ4v) is 11.7. The average Bonchev–Trinajstić information content (AvgIpc) is 3.79. The quantitative estimate of drug-likeness (QED) is 0.217. The summed E-state index contributed by atoms with van der Waals surface area (Å²) in [5.41, 5.74) is 2.85. The number of carbonyl (C=O) groups is 2. The lowest BCUT2D eigenvalue weighted by atomic mass is 9.65. The maximum atomic E-state index is 15.1. The van der Waals surface area contributed by atoms with Crippen molar-refractivity contribution in [3.63, 3.8) is 0 Å². The van der Waals surface area contributed by atoms with E-state index in [1.807, 2.05) is 32.0 Å². The number of benzene rings is 1. The van der Waals surface area contributed by atoms with Crippen LogP contribution in [0.25, 0.3) is 5.57 Å². The lowest BCUT2D eigenvalue weighted by Gasteiger charge is -2.44. The van der Waals surface area contributed by atoms with E-state index in [0.29, 0.717) is 23.1 Å². The molecule has 4 fully saturated rings. The number of nitrogens with zero attached hydrogens (tertiary/aromatic N) is 1. The molecule has 3 aliphatic heterocycles. The van der Waals surface area contributed by atoms with Gasteiger partial charge in [0.2, 0.25) is 0 Å². The number of allylic oxidation sites excluding steroid dienone is 4. The molecule has 6 aliphatic rings. The van der Waals surface area contributed by atoms with Gasteiger partial charge >= 0.3 is 5.97 Å². The van der Waals surface area contributed by atoms with Gasteiger partial charge in [0.15, 0.2) is 18.4 Å². The van der Waals surface area contributed by atoms with E-state index in [0.717, 1.165) is 56.1 Å². The highest BCUT2D eigenvalue weighted by Crippen LogP contribution is 2.59. The smallest absolute Gasteiger partial charge is 0.306 e. The van der Waals surface area contributed by atoms with E-state index in [4.69, 9.17) is 49.5 Å². The second kappa shape index (κ2) is 19.5. The molecule has 0 N–H and O–H groups in total. The van der Waals surface area contributed by atoms with Crippen LogP contribution in [0, 0.1) is 35.5 Å². The van der Waals surface area contributed by atoms with Crippen LogP contribution in [0.3, 0.4) is 0 Å². The van der Waals surface area contributed by atoms with Crippen molar-refractivity contribution in [3.8, 4) is 0 Å². The van der Waals surface area contributed by atoms with Gasteiger partial charge in [-0.3, -0.25) is 9.59 Å². The first-order valence-electron chi connectivity index (χ1n) is 22.1. The molecule has 0 bridgehead atoms.